The van der Waals surface area contributed by atoms with E-state index in [2.05, 4.69) is 16.1 Å². The van der Waals surface area contributed by atoms with Crippen molar-refractivity contribution in [1.29, 1.82) is 0 Å². The minimum absolute atomic E-state index is 0.0289. The third-order valence-corrected chi connectivity index (χ3v) is 5.76. The van der Waals surface area contributed by atoms with Crippen LogP contribution in [0.3, 0.4) is 0 Å². The summed E-state index contributed by atoms with van der Waals surface area (Å²) >= 11 is 0. The largest absolute Gasteiger partial charge is 0.453 e. The van der Waals surface area contributed by atoms with E-state index in [1.807, 2.05) is 42.5 Å². The Kier molecular flexibility index (Phi) is 7.48. The topological polar surface area (TPSA) is 105 Å². The highest BCUT2D eigenvalue weighted by Gasteiger charge is 2.28. The van der Waals surface area contributed by atoms with Gasteiger partial charge in [-0.15, -0.1) is 0 Å². The molecule has 0 spiro atoms. The smallest absolute Gasteiger partial charge is 0.407 e. The molecule has 2 aromatic carbocycles. The van der Waals surface area contributed by atoms with E-state index in [4.69, 9.17) is 5.73 Å². The molecule has 0 saturated carbocycles. The summed E-state index contributed by atoms with van der Waals surface area (Å²) < 4.78 is 4.54. The lowest BCUT2D eigenvalue weighted by Crippen LogP contribution is -2.46. The first-order valence-electron chi connectivity index (χ1n) is 10.5. The van der Waals surface area contributed by atoms with Crippen molar-refractivity contribution < 1.29 is 19.1 Å². The van der Waals surface area contributed by atoms with Gasteiger partial charge in [-0.25, -0.2) is 4.79 Å². The Morgan fingerprint density at radius 2 is 1.34 bits per heavy atom. The molecule has 3 N–H and O–H groups in total. The van der Waals surface area contributed by atoms with Gasteiger partial charge in [-0.3, -0.25) is 9.59 Å². The Morgan fingerprint density at radius 1 is 0.875 bits per heavy atom. The molecule has 0 saturated heterocycles. The maximum Gasteiger partial charge on any atom is 0.407 e. The van der Waals surface area contributed by atoms with E-state index in [9.17, 15) is 14.4 Å². The van der Waals surface area contributed by atoms with Crippen LogP contribution in [-0.4, -0.2) is 61.0 Å². The van der Waals surface area contributed by atoms with Gasteiger partial charge in [0.2, 0.25) is 11.8 Å². The molecule has 3 amide bonds. The number of carbonyl (C=O) groups is 3. The van der Waals surface area contributed by atoms with E-state index >= 15 is 0 Å². The fourth-order valence-electron chi connectivity index (χ4n) is 3.98. The number of hydrogen-bond donors (Lipinski definition) is 2. The molecule has 32 heavy (non-hydrogen) atoms. The van der Waals surface area contributed by atoms with Crippen LogP contribution < -0.4 is 11.1 Å². The van der Waals surface area contributed by atoms with Gasteiger partial charge in [0.05, 0.1) is 13.2 Å². The van der Waals surface area contributed by atoms with Crippen LogP contribution in [0.15, 0.2) is 48.5 Å². The minimum Gasteiger partial charge on any atom is -0.453 e. The third-order valence-electron chi connectivity index (χ3n) is 5.76. The Bertz CT molecular complexity index is 960. The Labute approximate surface area is 188 Å². The second-order valence-corrected chi connectivity index (χ2v) is 8.13. The standard InChI is InChI=1S/C13H16N2O3.C11H14N2O/c1-15-8-10-6-4-3-5-9(10)7-11(12(15)16)14-13(17)18-2;1-13-7-9-5-3-2-4-8(9)6-10(12)11(13)14/h3-6,11H,7-8H2,1-2H3,(H,14,17);2-5,10H,6-7,12H2,1H3. The lowest BCUT2D eigenvalue weighted by atomic mass is 10.0. The van der Waals surface area contributed by atoms with Gasteiger partial charge >= 0.3 is 6.09 Å². The summed E-state index contributed by atoms with van der Waals surface area (Å²) in [5.41, 5.74) is 10.4. The molecule has 8 nitrogen and oxygen atoms in total. The molecule has 8 heteroatoms. The molecule has 2 atom stereocenters. The normalized spacial score (nSPS) is 20.1. The molecule has 0 aliphatic carbocycles. The number of carbonyl (C=O) groups excluding carboxylic acids is 3. The number of alkyl carbamates (subject to hydrolysis) is 1. The number of amides is 3. The SMILES string of the molecule is CN1Cc2ccccc2CC(N)C1=O.COC(=O)NC1Cc2ccccc2CN(C)C1=O. The van der Waals surface area contributed by atoms with E-state index in [0.29, 0.717) is 25.9 Å². The Morgan fingerprint density at radius 3 is 1.88 bits per heavy atom. The second kappa shape index (κ2) is 10.3. The first-order chi connectivity index (χ1) is 15.3. The van der Waals surface area contributed by atoms with Crippen molar-refractivity contribution in [2.24, 2.45) is 5.73 Å². The zero-order chi connectivity index (χ0) is 23.3. The Hall–Kier alpha value is -3.39. The van der Waals surface area contributed by atoms with E-state index in [-0.39, 0.29) is 17.9 Å². The van der Waals surface area contributed by atoms with Crippen LogP contribution in [-0.2, 0) is 40.3 Å². The second-order valence-electron chi connectivity index (χ2n) is 8.13. The molecule has 2 heterocycles. The molecule has 0 fully saturated rings. The van der Waals surface area contributed by atoms with Gasteiger partial charge < -0.3 is 25.6 Å². The summed E-state index contributed by atoms with van der Waals surface area (Å²) in [6.07, 6.45) is 0.564. The number of fused-ring (bicyclic) bond motifs is 2. The predicted molar refractivity (Wildman–Crippen MR) is 121 cm³/mol. The highest BCUT2D eigenvalue weighted by Crippen LogP contribution is 2.19. The van der Waals surface area contributed by atoms with Crippen molar-refractivity contribution in [1.82, 2.24) is 15.1 Å². The lowest BCUT2D eigenvalue weighted by molar-refractivity contribution is -0.132. The van der Waals surface area contributed by atoms with Gasteiger partial charge in [0.15, 0.2) is 0 Å². The summed E-state index contributed by atoms with van der Waals surface area (Å²) in [4.78, 5) is 38.3. The van der Waals surface area contributed by atoms with E-state index < -0.39 is 12.1 Å². The number of nitrogens with one attached hydrogen (secondary N) is 1. The van der Waals surface area contributed by atoms with Crippen LogP contribution in [0.4, 0.5) is 4.79 Å². The first kappa shape index (κ1) is 23.3. The lowest BCUT2D eigenvalue weighted by Gasteiger charge is -2.20. The number of nitrogens with two attached hydrogens (primary N) is 1. The molecular weight excluding hydrogens is 408 g/mol. The van der Waals surface area contributed by atoms with Crippen LogP contribution in [0, 0.1) is 0 Å². The molecule has 0 bridgehead atoms. The number of methoxy groups -OCH3 is 1. The molecule has 170 valence electrons. The van der Waals surface area contributed by atoms with E-state index in [0.717, 1.165) is 11.1 Å². The predicted octanol–water partition coefficient (Wildman–Crippen LogP) is 1.45. The Balaban J connectivity index is 0.000000186. The van der Waals surface area contributed by atoms with E-state index in [1.54, 1.807) is 23.9 Å². The van der Waals surface area contributed by atoms with Gasteiger partial charge in [0.25, 0.3) is 0 Å². The van der Waals surface area contributed by atoms with Gasteiger partial charge in [0.1, 0.15) is 6.04 Å². The molecule has 0 radical (unpaired) electrons. The van der Waals surface area contributed by atoms with Gasteiger partial charge in [-0.1, -0.05) is 48.5 Å². The molecule has 2 aliphatic heterocycles. The third kappa shape index (κ3) is 5.45. The fraction of sp³-hybridized carbons (Fsp3) is 0.375. The van der Waals surface area contributed by atoms with Crippen molar-refractivity contribution >= 4 is 17.9 Å². The summed E-state index contributed by atoms with van der Waals surface area (Å²) in [5, 5.41) is 2.58. The van der Waals surface area contributed by atoms with Gasteiger partial charge in [-0.2, -0.15) is 0 Å². The highest BCUT2D eigenvalue weighted by atomic mass is 16.5. The molecule has 0 aromatic heterocycles. The number of rotatable bonds is 1. The fourth-order valence-corrected chi connectivity index (χ4v) is 3.98. The van der Waals surface area contributed by atoms with Crippen LogP contribution in [0.1, 0.15) is 22.3 Å². The number of likely N-dealkylation sites (N-methyl/N-ethyl adjacent to an activating group) is 2. The number of hydrogen-bond acceptors (Lipinski definition) is 5. The van der Waals surface area contributed by atoms with Crippen LogP contribution >= 0.6 is 0 Å². The van der Waals surface area contributed by atoms with Crippen LogP contribution in [0.25, 0.3) is 0 Å². The monoisotopic (exact) mass is 438 g/mol. The number of ether oxygens (including phenoxy) is 1. The maximum absolute atomic E-state index is 12.1. The maximum atomic E-state index is 12.1. The quantitative estimate of drug-likeness (QED) is 0.701. The van der Waals surface area contributed by atoms with E-state index in [1.165, 1.54) is 18.2 Å². The minimum atomic E-state index is -0.582. The van der Waals surface area contributed by atoms with Crippen LogP contribution in [0.2, 0.25) is 0 Å². The average molecular weight is 439 g/mol. The summed E-state index contributed by atoms with van der Waals surface area (Å²) in [6.45, 7) is 1.23. The molecule has 2 unspecified atom stereocenters. The van der Waals surface area contributed by atoms with Crippen molar-refractivity contribution in [3.05, 3.63) is 70.8 Å². The molecule has 4 rings (SSSR count). The summed E-state index contributed by atoms with van der Waals surface area (Å²) in [5.74, 6) is -0.0715. The van der Waals surface area contributed by atoms with Gasteiger partial charge in [-0.05, 0) is 28.7 Å². The molecule has 2 aromatic rings. The summed E-state index contributed by atoms with van der Waals surface area (Å²) in [6, 6.07) is 15.0. The van der Waals surface area contributed by atoms with Gasteiger partial charge in [0, 0.05) is 33.6 Å². The highest BCUT2D eigenvalue weighted by molar-refractivity contribution is 5.86. The summed E-state index contributed by atoms with van der Waals surface area (Å²) in [7, 11) is 4.81. The van der Waals surface area contributed by atoms with Crippen molar-refractivity contribution in [3.63, 3.8) is 0 Å². The van der Waals surface area contributed by atoms with Crippen molar-refractivity contribution in [3.8, 4) is 0 Å². The first-order valence-corrected chi connectivity index (χ1v) is 10.5. The number of benzene rings is 2. The molecule has 2 aliphatic rings. The van der Waals surface area contributed by atoms with Crippen molar-refractivity contribution in [2.45, 2.75) is 38.0 Å². The van der Waals surface area contributed by atoms with Crippen LogP contribution in [0.5, 0.6) is 0 Å². The molecular formula is C24H30N4O4. The average Bonchev–Trinajstić information content (AvgIpc) is 2.98. The van der Waals surface area contributed by atoms with Crippen molar-refractivity contribution in [2.75, 3.05) is 21.2 Å². The zero-order valence-corrected chi connectivity index (χ0v) is 18.7. The number of nitrogens with zero attached hydrogens (tertiary/aromatic N) is 2. The zero-order valence-electron chi connectivity index (χ0n) is 18.7.